The van der Waals surface area contributed by atoms with Crippen LogP contribution in [0.1, 0.15) is 40.2 Å². The van der Waals surface area contributed by atoms with Crippen LogP contribution in [0.4, 0.5) is 5.69 Å². The lowest BCUT2D eigenvalue weighted by atomic mass is 10.1. The van der Waals surface area contributed by atoms with Crippen molar-refractivity contribution in [1.82, 2.24) is 4.98 Å². The number of nitrogens with zero attached hydrogens (tertiary/aromatic N) is 1. The zero-order valence-corrected chi connectivity index (χ0v) is 13.0. The number of nitrogens with one attached hydrogen (secondary N) is 1. The Bertz CT molecular complexity index is 825. The van der Waals surface area contributed by atoms with Gasteiger partial charge in [-0.2, -0.15) is 0 Å². The largest absolute Gasteiger partial charge is 0.454 e. The van der Waals surface area contributed by atoms with Crippen molar-refractivity contribution in [3.05, 3.63) is 73.2 Å². The Hall–Kier alpha value is -2.96. The third-order valence-electron chi connectivity index (χ3n) is 3.46. The summed E-state index contributed by atoms with van der Waals surface area (Å²) in [6.07, 6.45) is -0.720. The van der Waals surface area contributed by atoms with Gasteiger partial charge in [0.1, 0.15) is 11.7 Å². The van der Waals surface area contributed by atoms with Crippen LogP contribution in [0, 0.1) is 24.0 Å². The van der Waals surface area contributed by atoms with Gasteiger partial charge in [0.05, 0.1) is 4.92 Å². The highest BCUT2D eigenvalue weighted by Gasteiger charge is 2.19. The molecular weight excluding hydrogens is 300 g/mol. The van der Waals surface area contributed by atoms with Gasteiger partial charge >= 0.3 is 5.97 Å². The summed E-state index contributed by atoms with van der Waals surface area (Å²) in [5.41, 5.74) is 0.958. The molecule has 1 N–H and O–H groups in total. The van der Waals surface area contributed by atoms with Crippen LogP contribution < -0.4 is 5.56 Å². The summed E-state index contributed by atoms with van der Waals surface area (Å²) in [6, 6.07) is 7.60. The van der Waals surface area contributed by atoms with Gasteiger partial charge in [-0.05, 0) is 38.5 Å². The molecule has 0 aliphatic heterocycles. The first-order valence-electron chi connectivity index (χ1n) is 6.95. The number of nitro benzene ring substituents is 1. The predicted octanol–water partition coefficient (Wildman–Crippen LogP) is 2.82. The Morgan fingerprint density at radius 2 is 1.96 bits per heavy atom. The quantitative estimate of drug-likeness (QED) is 0.531. The third kappa shape index (κ3) is 3.63. The number of carbonyl (C=O) groups excluding carboxylic acids is 1. The molecule has 1 aromatic heterocycles. The lowest BCUT2D eigenvalue weighted by Gasteiger charge is -2.13. The van der Waals surface area contributed by atoms with E-state index in [0.717, 1.165) is 0 Å². The molecule has 23 heavy (non-hydrogen) atoms. The molecule has 1 heterocycles. The van der Waals surface area contributed by atoms with E-state index in [4.69, 9.17) is 4.74 Å². The normalized spacial score (nSPS) is 11.8. The van der Waals surface area contributed by atoms with Gasteiger partial charge in [0, 0.05) is 17.3 Å². The number of aromatic nitrogens is 1. The summed E-state index contributed by atoms with van der Waals surface area (Å²) in [6.45, 7) is 4.92. The van der Waals surface area contributed by atoms with Crippen LogP contribution in [0.15, 0.2) is 35.1 Å². The molecule has 0 bridgehead atoms. The molecular formula is C16H16N2O5. The van der Waals surface area contributed by atoms with Gasteiger partial charge in [-0.15, -0.1) is 0 Å². The number of nitro groups is 1. The summed E-state index contributed by atoms with van der Waals surface area (Å²) in [7, 11) is 0. The first-order chi connectivity index (χ1) is 10.8. The third-order valence-corrected chi connectivity index (χ3v) is 3.46. The summed E-state index contributed by atoms with van der Waals surface area (Å²) < 4.78 is 5.24. The maximum absolute atomic E-state index is 12.1. The van der Waals surface area contributed by atoms with Crippen LogP contribution in [-0.2, 0) is 4.74 Å². The smallest absolute Gasteiger partial charge is 0.344 e. The summed E-state index contributed by atoms with van der Waals surface area (Å²) in [4.78, 5) is 36.8. The second kappa shape index (κ2) is 6.43. The standard InChI is InChI=1S/C16H16N2O5/c1-9-4-6-12(8-14(9)18(21)22)11(3)23-16(20)13-7-5-10(2)17-15(13)19/h4-8,11H,1-3H3,(H,17,19)/t11-/m0/s1. The lowest BCUT2D eigenvalue weighted by molar-refractivity contribution is -0.385. The molecule has 0 spiro atoms. The van der Waals surface area contributed by atoms with E-state index in [9.17, 15) is 19.7 Å². The molecule has 0 saturated heterocycles. The molecule has 0 saturated carbocycles. The second-order valence-corrected chi connectivity index (χ2v) is 5.23. The van der Waals surface area contributed by atoms with Crippen LogP contribution in [0.2, 0.25) is 0 Å². The average Bonchev–Trinajstić information content (AvgIpc) is 2.46. The average molecular weight is 316 g/mol. The summed E-state index contributed by atoms with van der Waals surface area (Å²) in [5.74, 6) is -0.776. The molecule has 0 fully saturated rings. The number of hydrogen-bond donors (Lipinski definition) is 1. The van der Waals surface area contributed by atoms with Crippen molar-refractivity contribution in [2.45, 2.75) is 26.9 Å². The molecule has 7 heteroatoms. The van der Waals surface area contributed by atoms with Crippen LogP contribution in [-0.4, -0.2) is 15.9 Å². The number of rotatable bonds is 4. The van der Waals surface area contributed by atoms with Gasteiger partial charge in [0.25, 0.3) is 11.2 Å². The minimum atomic E-state index is -0.776. The molecule has 0 radical (unpaired) electrons. The number of benzene rings is 1. The molecule has 7 nitrogen and oxygen atoms in total. The van der Waals surface area contributed by atoms with E-state index in [0.29, 0.717) is 16.8 Å². The fourth-order valence-electron chi connectivity index (χ4n) is 2.10. The van der Waals surface area contributed by atoms with E-state index in [1.807, 2.05) is 0 Å². The Labute approximate surface area is 132 Å². The molecule has 0 aliphatic rings. The number of carbonyl (C=O) groups is 1. The van der Waals surface area contributed by atoms with Crippen LogP contribution >= 0.6 is 0 Å². The zero-order valence-electron chi connectivity index (χ0n) is 13.0. The Kier molecular flexibility index (Phi) is 4.59. The van der Waals surface area contributed by atoms with Crippen molar-refractivity contribution in [3.8, 4) is 0 Å². The van der Waals surface area contributed by atoms with Crippen LogP contribution in [0.25, 0.3) is 0 Å². The predicted molar refractivity (Wildman–Crippen MR) is 83.5 cm³/mol. The highest BCUT2D eigenvalue weighted by molar-refractivity contribution is 5.89. The highest BCUT2D eigenvalue weighted by atomic mass is 16.6. The van der Waals surface area contributed by atoms with Crippen molar-refractivity contribution < 1.29 is 14.5 Å². The lowest BCUT2D eigenvalue weighted by Crippen LogP contribution is -2.21. The first kappa shape index (κ1) is 16.4. The van der Waals surface area contributed by atoms with E-state index in [1.54, 1.807) is 39.0 Å². The molecule has 1 atom stereocenters. The Morgan fingerprint density at radius 1 is 1.26 bits per heavy atom. The van der Waals surface area contributed by atoms with Gasteiger partial charge in [-0.3, -0.25) is 14.9 Å². The van der Waals surface area contributed by atoms with Gasteiger partial charge in [0.2, 0.25) is 0 Å². The Morgan fingerprint density at radius 3 is 2.57 bits per heavy atom. The van der Waals surface area contributed by atoms with E-state index < -0.39 is 22.6 Å². The number of esters is 1. The second-order valence-electron chi connectivity index (χ2n) is 5.23. The maximum atomic E-state index is 12.1. The molecule has 2 rings (SSSR count). The first-order valence-corrected chi connectivity index (χ1v) is 6.95. The summed E-state index contributed by atoms with van der Waals surface area (Å²) in [5, 5.41) is 11.0. The number of aromatic amines is 1. The maximum Gasteiger partial charge on any atom is 0.344 e. The van der Waals surface area contributed by atoms with Crippen molar-refractivity contribution >= 4 is 11.7 Å². The number of ether oxygens (including phenoxy) is 1. The minimum absolute atomic E-state index is 0.0430. The zero-order chi connectivity index (χ0) is 17.1. The molecule has 0 amide bonds. The number of aryl methyl sites for hydroxylation is 2. The fraction of sp³-hybridized carbons (Fsp3) is 0.250. The van der Waals surface area contributed by atoms with E-state index in [2.05, 4.69) is 4.98 Å². The molecule has 0 unspecified atom stereocenters. The highest BCUT2D eigenvalue weighted by Crippen LogP contribution is 2.25. The number of pyridine rings is 1. The molecule has 120 valence electrons. The van der Waals surface area contributed by atoms with E-state index >= 15 is 0 Å². The van der Waals surface area contributed by atoms with Gasteiger partial charge in [-0.1, -0.05) is 12.1 Å². The topological polar surface area (TPSA) is 102 Å². The van der Waals surface area contributed by atoms with Gasteiger partial charge in [0.15, 0.2) is 0 Å². The van der Waals surface area contributed by atoms with Gasteiger partial charge < -0.3 is 9.72 Å². The monoisotopic (exact) mass is 316 g/mol. The van der Waals surface area contributed by atoms with Crippen molar-refractivity contribution in [3.63, 3.8) is 0 Å². The summed E-state index contributed by atoms with van der Waals surface area (Å²) >= 11 is 0. The SMILES string of the molecule is Cc1ccc(C(=O)O[C@@H](C)c2ccc(C)c([N+](=O)[O-])c2)c(=O)[nH]1. The number of hydrogen-bond acceptors (Lipinski definition) is 5. The minimum Gasteiger partial charge on any atom is -0.454 e. The molecule has 0 aliphatic carbocycles. The van der Waals surface area contributed by atoms with E-state index in [1.165, 1.54) is 12.1 Å². The molecule has 2 aromatic rings. The number of H-pyrrole nitrogens is 1. The Balaban J connectivity index is 2.23. The molecule has 1 aromatic carbocycles. The van der Waals surface area contributed by atoms with Crippen LogP contribution in [0.5, 0.6) is 0 Å². The van der Waals surface area contributed by atoms with Crippen molar-refractivity contribution in [1.29, 1.82) is 0 Å². The fourth-order valence-corrected chi connectivity index (χ4v) is 2.10. The van der Waals surface area contributed by atoms with E-state index in [-0.39, 0.29) is 11.3 Å². The van der Waals surface area contributed by atoms with Crippen molar-refractivity contribution in [2.75, 3.05) is 0 Å². The van der Waals surface area contributed by atoms with Gasteiger partial charge in [-0.25, -0.2) is 4.79 Å². The van der Waals surface area contributed by atoms with Crippen molar-refractivity contribution in [2.24, 2.45) is 0 Å². The van der Waals surface area contributed by atoms with Crippen LogP contribution in [0.3, 0.4) is 0 Å².